The molecule has 0 amide bonds. The Bertz CT molecular complexity index is 2540. The Morgan fingerprint density at radius 1 is 0.321 bits per heavy atom. The van der Waals surface area contributed by atoms with Crippen molar-refractivity contribution in [2.45, 2.75) is 27.7 Å². The third-order valence-corrected chi connectivity index (χ3v) is 11.9. The summed E-state index contributed by atoms with van der Waals surface area (Å²) in [7, 11) is 0. The van der Waals surface area contributed by atoms with E-state index in [0.717, 1.165) is 112 Å². The standard InChI is InChI=1S/C48H34Cl4N4/c1-25-9-5-13-29(49)41(25)45-33-17-19-35(53-33)46(42-26(2)10-6-14-30(42)50)37-21-23-39(55-37)48(44-28(4)12-8-16-32(44)52)40-24-22-38(56-40)47(36-20-18-34(45)54-36)43-27(3)11-7-15-31(43)51/h5-24,53,56H,1-4H3. The molecule has 9 rings (SSSR count). The van der Waals surface area contributed by atoms with E-state index in [9.17, 15) is 0 Å². The van der Waals surface area contributed by atoms with Gasteiger partial charge in [-0.1, -0.05) is 94.9 Å². The Balaban J connectivity index is 1.55. The van der Waals surface area contributed by atoms with E-state index in [1.807, 2.05) is 48.5 Å². The van der Waals surface area contributed by atoms with Gasteiger partial charge >= 0.3 is 0 Å². The molecule has 3 aromatic heterocycles. The van der Waals surface area contributed by atoms with Gasteiger partial charge in [0, 0.05) is 86.7 Å². The molecule has 274 valence electrons. The summed E-state index contributed by atoms with van der Waals surface area (Å²) in [5, 5.41) is 2.51. The quantitative estimate of drug-likeness (QED) is 0.186. The topological polar surface area (TPSA) is 57.4 Å². The highest BCUT2D eigenvalue weighted by Crippen LogP contribution is 2.44. The Morgan fingerprint density at radius 3 is 0.768 bits per heavy atom. The zero-order valence-corrected chi connectivity index (χ0v) is 34.0. The Kier molecular flexibility index (Phi) is 9.26. The number of halogens is 4. The molecular weight excluding hydrogens is 774 g/mol. The molecule has 0 saturated heterocycles. The van der Waals surface area contributed by atoms with Crippen molar-refractivity contribution in [3.63, 3.8) is 0 Å². The summed E-state index contributed by atoms with van der Waals surface area (Å²) >= 11 is 28.3. The summed E-state index contributed by atoms with van der Waals surface area (Å²) in [6.07, 6.45) is 8.22. The van der Waals surface area contributed by atoms with E-state index in [1.54, 1.807) is 0 Å². The number of aromatic nitrogens is 4. The summed E-state index contributed by atoms with van der Waals surface area (Å²) in [4.78, 5) is 18.4. The molecule has 0 unspecified atom stereocenters. The van der Waals surface area contributed by atoms with Crippen molar-refractivity contribution in [3.05, 3.63) is 162 Å². The maximum Gasteiger partial charge on any atom is 0.0737 e. The zero-order valence-electron chi connectivity index (χ0n) is 31.0. The first-order chi connectivity index (χ1) is 27.1. The molecule has 2 aliphatic rings. The van der Waals surface area contributed by atoms with Gasteiger partial charge in [-0.3, -0.25) is 0 Å². The Hall–Kier alpha value is -5.36. The van der Waals surface area contributed by atoms with E-state index < -0.39 is 0 Å². The van der Waals surface area contributed by atoms with Crippen LogP contribution in [0.15, 0.2) is 97.1 Å². The molecular formula is C48H34Cl4N4. The maximum absolute atomic E-state index is 7.08. The summed E-state index contributed by atoms with van der Waals surface area (Å²) in [6.45, 7) is 8.28. The highest BCUT2D eigenvalue weighted by molar-refractivity contribution is 6.35. The van der Waals surface area contributed by atoms with Gasteiger partial charge < -0.3 is 9.97 Å². The Morgan fingerprint density at radius 2 is 0.554 bits per heavy atom. The van der Waals surface area contributed by atoms with E-state index in [2.05, 4.69) is 110 Å². The number of rotatable bonds is 4. The van der Waals surface area contributed by atoms with E-state index in [0.29, 0.717) is 20.1 Å². The number of hydrogen-bond acceptors (Lipinski definition) is 2. The average Bonchev–Trinajstić information content (AvgIpc) is 4.00. The van der Waals surface area contributed by atoms with Gasteiger partial charge in [-0.05, 0) is 123 Å². The molecule has 4 aromatic carbocycles. The van der Waals surface area contributed by atoms with Crippen LogP contribution in [0.1, 0.15) is 45.0 Å². The average molecular weight is 809 g/mol. The largest absolute Gasteiger partial charge is 0.354 e. The lowest BCUT2D eigenvalue weighted by atomic mass is 9.98. The minimum Gasteiger partial charge on any atom is -0.354 e. The van der Waals surface area contributed by atoms with Gasteiger partial charge in [-0.2, -0.15) is 0 Å². The Labute approximate surface area is 345 Å². The maximum atomic E-state index is 7.08. The SMILES string of the molecule is Cc1cccc(Cl)c1-c1c2nc(c(-c3c(C)cccc3Cl)c3ccc([nH]3)c(-c3c(C)cccc3Cl)c3nc(c(-c4c(C)cccc4Cl)c4ccc1[nH]4)C=C3)C=C2. The number of benzene rings is 4. The number of fused-ring (bicyclic) bond motifs is 8. The fourth-order valence-electron chi connectivity index (χ4n) is 8.05. The van der Waals surface area contributed by atoms with Crippen LogP contribution in [0.3, 0.4) is 0 Å². The second-order valence-electron chi connectivity index (χ2n) is 14.2. The number of aromatic amines is 2. The first-order valence-corrected chi connectivity index (χ1v) is 19.8. The normalized spacial score (nSPS) is 12.1. The number of H-pyrrole nitrogens is 2. The van der Waals surface area contributed by atoms with Crippen molar-refractivity contribution < 1.29 is 0 Å². The highest BCUT2D eigenvalue weighted by atomic mass is 35.5. The molecule has 7 aromatic rings. The van der Waals surface area contributed by atoms with Gasteiger partial charge in [-0.25, -0.2) is 9.97 Å². The second-order valence-corrected chi connectivity index (χ2v) is 15.9. The molecule has 0 spiro atoms. The molecule has 4 nitrogen and oxygen atoms in total. The molecule has 0 saturated carbocycles. The second kappa shape index (κ2) is 14.3. The van der Waals surface area contributed by atoms with Crippen LogP contribution in [0.5, 0.6) is 0 Å². The van der Waals surface area contributed by atoms with Crippen LogP contribution < -0.4 is 0 Å². The molecule has 0 fully saturated rings. The fraction of sp³-hybridized carbons (Fsp3) is 0.0833. The predicted molar refractivity (Wildman–Crippen MR) is 240 cm³/mol. The van der Waals surface area contributed by atoms with Crippen LogP contribution in [-0.4, -0.2) is 19.9 Å². The minimum atomic E-state index is 0.627. The van der Waals surface area contributed by atoms with Gasteiger partial charge in [0.25, 0.3) is 0 Å². The van der Waals surface area contributed by atoms with Crippen LogP contribution in [0, 0.1) is 27.7 Å². The molecule has 8 heteroatoms. The summed E-state index contributed by atoms with van der Waals surface area (Å²) in [6, 6.07) is 32.2. The van der Waals surface area contributed by atoms with Crippen molar-refractivity contribution in [2.24, 2.45) is 0 Å². The van der Waals surface area contributed by atoms with E-state index >= 15 is 0 Å². The monoisotopic (exact) mass is 806 g/mol. The number of nitrogens with one attached hydrogen (secondary N) is 2. The number of nitrogens with zero attached hydrogens (tertiary/aromatic N) is 2. The van der Waals surface area contributed by atoms with Crippen molar-refractivity contribution in [1.82, 2.24) is 19.9 Å². The van der Waals surface area contributed by atoms with E-state index in [1.165, 1.54) is 0 Å². The van der Waals surface area contributed by atoms with Crippen LogP contribution in [0.4, 0.5) is 0 Å². The molecule has 5 heterocycles. The zero-order chi connectivity index (χ0) is 38.8. The van der Waals surface area contributed by atoms with E-state index in [-0.39, 0.29) is 0 Å². The third-order valence-electron chi connectivity index (χ3n) is 10.6. The van der Waals surface area contributed by atoms with Crippen LogP contribution in [-0.2, 0) is 0 Å². The fourth-order valence-corrected chi connectivity index (χ4v) is 9.32. The summed E-state index contributed by atoms with van der Waals surface area (Å²) in [5.74, 6) is 0. The van der Waals surface area contributed by atoms with Gasteiger partial charge in [0.1, 0.15) is 0 Å². The van der Waals surface area contributed by atoms with Gasteiger partial charge in [0.05, 0.1) is 22.8 Å². The summed E-state index contributed by atoms with van der Waals surface area (Å²) < 4.78 is 0. The first-order valence-electron chi connectivity index (χ1n) is 18.3. The first kappa shape index (κ1) is 36.3. The molecule has 8 bridgehead atoms. The minimum absolute atomic E-state index is 0.627. The molecule has 2 aliphatic heterocycles. The molecule has 0 radical (unpaired) electrons. The number of aryl methyl sites for hydroxylation is 4. The lowest BCUT2D eigenvalue weighted by Gasteiger charge is -2.12. The van der Waals surface area contributed by atoms with Crippen molar-refractivity contribution in [1.29, 1.82) is 0 Å². The molecule has 56 heavy (non-hydrogen) atoms. The van der Waals surface area contributed by atoms with Crippen molar-refractivity contribution in [3.8, 4) is 44.5 Å². The van der Waals surface area contributed by atoms with Crippen LogP contribution in [0.25, 0.3) is 90.9 Å². The van der Waals surface area contributed by atoms with Gasteiger partial charge in [0.15, 0.2) is 0 Å². The summed E-state index contributed by atoms with van der Waals surface area (Å²) in [5.41, 5.74) is 17.6. The van der Waals surface area contributed by atoms with Gasteiger partial charge in [-0.15, -0.1) is 0 Å². The van der Waals surface area contributed by atoms with E-state index in [4.69, 9.17) is 56.4 Å². The number of hydrogen-bond donors (Lipinski definition) is 2. The third kappa shape index (κ3) is 6.09. The van der Waals surface area contributed by atoms with Crippen LogP contribution in [0.2, 0.25) is 20.1 Å². The lowest BCUT2D eigenvalue weighted by Crippen LogP contribution is -1.93. The smallest absolute Gasteiger partial charge is 0.0737 e. The lowest BCUT2D eigenvalue weighted by molar-refractivity contribution is 1.30. The molecule has 0 aliphatic carbocycles. The predicted octanol–water partition coefficient (Wildman–Crippen LogP) is 15.2. The highest BCUT2D eigenvalue weighted by Gasteiger charge is 2.23. The van der Waals surface area contributed by atoms with Gasteiger partial charge in [0.2, 0.25) is 0 Å². The van der Waals surface area contributed by atoms with Crippen LogP contribution >= 0.6 is 46.4 Å². The van der Waals surface area contributed by atoms with Crippen molar-refractivity contribution in [2.75, 3.05) is 0 Å². The van der Waals surface area contributed by atoms with Crippen molar-refractivity contribution >= 4 is 92.8 Å². The molecule has 0 atom stereocenters. The molecule has 2 N–H and O–H groups in total.